The summed E-state index contributed by atoms with van der Waals surface area (Å²) < 4.78 is 40.7. The third-order valence-corrected chi connectivity index (χ3v) is 4.05. The van der Waals surface area contributed by atoms with Crippen molar-refractivity contribution in [2.45, 2.75) is 37.7 Å². The van der Waals surface area contributed by atoms with Crippen LogP contribution in [-0.2, 0) is 6.54 Å². The van der Waals surface area contributed by atoms with Gasteiger partial charge in [-0.1, -0.05) is 30.3 Å². The summed E-state index contributed by atoms with van der Waals surface area (Å²) in [5.74, 6) is 0. The third kappa shape index (κ3) is 4.61. The highest BCUT2D eigenvalue weighted by Gasteiger charge is 2.58. The number of halogens is 3. The predicted octanol–water partition coefficient (Wildman–Crippen LogP) is 1.87. The minimum atomic E-state index is -4.55. The molecule has 0 aliphatic carbocycles. The molecule has 1 aliphatic rings. The average molecular weight is 345 g/mol. The van der Waals surface area contributed by atoms with Crippen LogP contribution in [0.2, 0.25) is 0 Å². The number of benzene rings is 1. The first-order valence-corrected chi connectivity index (χ1v) is 7.79. The van der Waals surface area contributed by atoms with Gasteiger partial charge < -0.3 is 15.7 Å². The van der Waals surface area contributed by atoms with Gasteiger partial charge in [-0.05, 0) is 18.9 Å². The molecule has 5 nitrogen and oxygen atoms in total. The second-order valence-corrected chi connectivity index (χ2v) is 6.21. The molecular weight excluding hydrogens is 323 g/mol. The highest BCUT2D eigenvalue weighted by atomic mass is 19.4. The second kappa shape index (κ2) is 7.40. The van der Waals surface area contributed by atoms with Gasteiger partial charge in [-0.2, -0.15) is 13.2 Å². The van der Waals surface area contributed by atoms with E-state index in [4.69, 9.17) is 5.11 Å². The van der Waals surface area contributed by atoms with E-state index in [1.54, 1.807) is 4.90 Å². The first kappa shape index (κ1) is 18.5. The molecule has 1 aromatic carbocycles. The smallest absolute Gasteiger partial charge is 0.392 e. The van der Waals surface area contributed by atoms with Gasteiger partial charge in [0.2, 0.25) is 0 Å². The van der Waals surface area contributed by atoms with Gasteiger partial charge in [0.1, 0.15) is 0 Å². The molecule has 2 unspecified atom stereocenters. The lowest BCUT2D eigenvalue weighted by Gasteiger charge is -2.33. The second-order valence-electron chi connectivity index (χ2n) is 6.21. The van der Waals surface area contributed by atoms with E-state index in [0.29, 0.717) is 6.54 Å². The summed E-state index contributed by atoms with van der Waals surface area (Å²) in [6, 6.07) is 8.32. The van der Waals surface area contributed by atoms with Crippen LogP contribution < -0.4 is 10.6 Å². The highest BCUT2D eigenvalue weighted by molar-refractivity contribution is 5.75. The van der Waals surface area contributed by atoms with Crippen LogP contribution in [-0.4, -0.2) is 53.5 Å². The third-order valence-electron chi connectivity index (χ3n) is 4.05. The number of rotatable bonds is 5. The van der Waals surface area contributed by atoms with E-state index in [9.17, 15) is 18.0 Å². The number of likely N-dealkylation sites (tertiary alicyclic amines) is 1. The van der Waals surface area contributed by atoms with Crippen molar-refractivity contribution >= 4 is 6.03 Å². The molecule has 1 fully saturated rings. The van der Waals surface area contributed by atoms with E-state index in [-0.39, 0.29) is 26.1 Å². The fraction of sp³-hybridized carbons (Fsp3) is 0.562. The molecule has 2 amide bonds. The van der Waals surface area contributed by atoms with Gasteiger partial charge in [-0.15, -0.1) is 0 Å². The van der Waals surface area contributed by atoms with Gasteiger partial charge in [0.15, 0.2) is 5.54 Å². The van der Waals surface area contributed by atoms with Crippen LogP contribution in [0.4, 0.5) is 18.0 Å². The zero-order chi connectivity index (χ0) is 17.8. The van der Waals surface area contributed by atoms with Crippen LogP contribution in [0.25, 0.3) is 0 Å². The van der Waals surface area contributed by atoms with Crippen molar-refractivity contribution in [3.8, 4) is 0 Å². The predicted molar refractivity (Wildman–Crippen MR) is 83.3 cm³/mol. The van der Waals surface area contributed by atoms with Gasteiger partial charge in [0, 0.05) is 26.2 Å². The molecule has 0 radical (unpaired) electrons. The lowest BCUT2D eigenvalue weighted by Crippen LogP contribution is -2.62. The van der Waals surface area contributed by atoms with Crippen molar-refractivity contribution in [3.63, 3.8) is 0 Å². The molecule has 0 aromatic heterocycles. The molecule has 8 heteroatoms. The van der Waals surface area contributed by atoms with Gasteiger partial charge in [0.25, 0.3) is 0 Å². The molecular formula is C16H22F3N3O2. The molecule has 24 heavy (non-hydrogen) atoms. The summed E-state index contributed by atoms with van der Waals surface area (Å²) in [4.78, 5) is 13.4. The molecule has 1 heterocycles. The number of carbonyl (C=O) groups excluding carboxylic acids is 1. The molecule has 2 rings (SSSR count). The monoisotopic (exact) mass is 345 g/mol. The van der Waals surface area contributed by atoms with Crippen LogP contribution in [0.1, 0.15) is 18.9 Å². The maximum absolute atomic E-state index is 13.6. The zero-order valence-corrected chi connectivity index (χ0v) is 13.4. The van der Waals surface area contributed by atoms with E-state index in [0.717, 1.165) is 5.56 Å². The van der Waals surface area contributed by atoms with Crippen LogP contribution in [0, 0.1) is 0 Å². The van der Waals surface area contributed by atoms with Gasteiger partial charge in [-0.25, -0.2) is 4.79 Å². The molecule has 0 spiro atoms. The zero-order valence-electron chi connectivity index (χ0n) is 13.4. The minimum absolute atomic E-state index is 0.104. The standard InChI is InChI=1S/C16H22F3N3O2/c1-12(23)9-20-14(24)21-15(16(17,18)19)7-8-22(11-15)10-13-5-3-2-4-6-13/h2-6,12,23H,7-11H2,1H3,(H2,20,21,24). The van der Waals surface area contributed by atoms with E-state index in [1.165, 1.54) is 6.92 Å². The molecule has 0 bridgehead atoms. The first-order valence-electron chi connectivity index (χ1n) is 7.79. The Morgan fingerprint density at radius 2 is 2.04 bits per heavy atom. The summed E-state index contributed by atoms with van der Waals surface area (Å²) in [6.45, 7) is 1.68. The SMILES string of the molecule is CC(O)CNC(=O)NC1(C(F)(F)F)CCN(Cc2ccccc2)C1. The van der Waals surface area contributed by atoms with E-state index in [2.05, 4.69) is 10.6 Å². The van der Waals surface area contributed by atoms with Gasteiger partial charge in [0.05, 0.1) is 6.10 Å². The fourth-order valence-corrected chi connectivity index (χ4v) is 2.77. The first-order chi connectivity index (χ1) is 11.2. The topological polar surface area (TPSA) is 64.6 Å². The Labute approximate surface area is 138 Å². The largest absolute Gasteiger partial charge is 0.412 e. The van der Waals surface area contributed by atoms with Crippen molar-refractivity contribution < 1.29 is 23.1 Å². The summed E-state index contributed by atoms with van der Waals surface area (Å²) in [7, 11) is 0. The maximum Gasteiger partial charge on any atom is 0.412 e. The molecule has 1 saturated heterocycles. The quantitative estimate of drug-likeness (QED) is 0.763. The van der Waals surface area contributed by atoms with E-state index >= 15 is 0 Å². The molecule has 1 aliphatic heterocycles. The Morgan fingerprint density at radius 3 is 2.62 bits per heavy atom. The Balaban J connectivity index is 2.03. The Hall–Kier alpha value is -1.80. The molecule has 3 N–H and O–H groups in total. The number of hydrogen-bond acceptors (Lipinski definition) is 3. The van der Waals surface area contributed by atoms with Crippen molar-refractivity contribution in [1.82, 2.24) is 15.5 Å². The summed E-state index contributed by atoms with van der Waals surface area (Å²) >= 11 is 0. The van der Waals surface area contributed by atoms with Crippen LogP contribution in [0.15, 0.2) is 30.3 Å². The Bertz CT molecular complexity index is 551. The Morgan fingerprint density at radius 1 is 1.38 bits per heavy atom. The number of carbonyl (C=O) groups is 1. The number of amides is 2. The normalized spacial score (nSPS) is 23.0. The van der Waals surface area contributed by atoms with Crippen molar-refractivity contribution in [2.24, 2.45) is 0 Å². The summed E-state index contributed by atoms with van der Waals surface area (Å²) in [5, 5.41) is 13.4. The van der Waals surface area contributed by atoms with Crippen LogP contribution in [0.3, 0.4) is 0 Å². The lowest BCUT2D eigenvalue weighted by molar-refractivity contribution is -0.189. The number of urea groups is 1. The fourth-order valence-electron chi connectivity index (χ4n) is 2.77. The number of alkyl halides is 3. The van der Waals surface area contributed by atoms with Gasteiger partial charge in [-0.3, -0.25) is 4.90 Å². The lowest BCUT2D eigenvalue weighted by atomic mass is 9.98. The number of nitrogens with zero attached hydrogens (tertiary/aromatic N) is 1. The van der Waals surface area contributed by atoms with Crippen molar-refractivity contribution in [3.05, 3.63) is 35.9 Å². The van der Waals surface area contributed by atoms with Gasteiger partial charge >= 0.3 is 12.2 Å². The molecule has 1 aromatic rings. The van der Waals surface area contributed by atoms with Crippen molar-refractivity contribution in [1.29, 1.82) is 0 Å². The highest BCUT2D eigenvalue weighted by Crippen LogP contribution is 2.38. The minimum Gasteiger partial charge on any atom is -0.392 e. The summed E-state index contributed by atoms with van der Waals surface area (Å²) in [6.07, 6.45) is -5.58. The number of hydrogen-bond donors (Lipinski definition) is 3. The molecule has 0 saturated carbocycles. The molecule has 2 atom stereocenters. The van der Waals surface area contributed by atoms with Crippen LogP contribution >= 0.6 is 0 Å². The van der Waals surface area contributed by atoms with Crippen molar-refractivity contribution in [2.75, 3.05) is 19.6 Å². The summed E-state index contributed by atoms with van der Waals surface area (Å²) in [5.41, 5.74) is -1.35. The van der Waals surface area contributed by atoms with E-state index < -0.39 is 23.9 Å². The number of aliphatic hydroxyl groups is 1. The average Bonchev–Trinajstić information content (AvgIpc) is 2.90. The molecule has 134 valence electrons. The maximum atomic E-state index is 13.6. The number of aliphatic hydroxyl groups excluding tert-OH is 1. The van der Waals surface area contributed by atoms with E-state index in [1.807, 2.05) is 30.3 Å². The van der Waals surface area contributed by atoms with Crippen LogP contribution in [0.5, 0.6) is 0 Å². The number of nitrogens with one attached hydrogen (secondary N) is 2. The Kier molecular flexibility index (Phi) is 5.71.